The molecule has 2 rings (SSSR count). The molecule has 1 aliphatic heterocycles. The number of nitrogens with one attached hydrogen (secondary N) is 1. The van der Waals surface area contributed by atoms with Crippen LogP contribution in [0.3, 0.4) is 0 Å². The minimum atomic E-state index is -0.224. The number of rotatable bonds is 2. The standard InChI is InChI=1S/C12H14N2O2S/c15-11(6-5-10-4-3-9-16-10)13-12(17)14-7-1-2-8-14/h3-6,9H,1-2,7-8H2,(H,13,15,17). The zero-order chi connectivity index (χ0) is 12.1. The Morgan fingerprint density at radius 3 is 2.88 bits per heavy atom. The smallest absolute Gasteiger partial charge is 0.250 e. The van der Waals surface area contributed by atoms with Gasteiger partial charge in [-0.3, -0.25) is 10.1 Å². The molecule has 4 nitrogen and oxygen atoms in total. The van der Waals surface area contributed by atoms with E-state index in [1.165, 1.54) is 6.08 Å². The summed E-state index contributed by atoms with van der Waals surface area (Å²) in [4.78, 5) is 13.6. The molecule has 1 saturated heterocycles. The first-order valence-electron chi connectivity index (χ1n) is 5.57. The second-order valence-corrected chi connectivity index (χ2v) is 4.22. The molecule has 0 aromatic carbocycles. The fraction of sp³-hybridized carbons (Fsp3) is 0.333. The molecule has 1 aliphatic rings. The Kier molecular flexibility index (Phi) is 3.93. The van der Waals surface area contributed by atoms with Crippen LogP contribution in [0.2, 0.25) is 0 Å². The number of thiocarbonyl (C=S) groups is 1. The molecule has 0 radical (unpaired) electrons. The summed E-state index contributed by atoms with van der Waals surface area (Å²) in [6, 6.07) is 3.55. The summed E-state index contributed by atoms with van der Waals surface area (Å²) in [5, 5.41) is 3.18. The molecule has 0 unspecified atom stereocenters. The van der Waals surface area contributed by atoms with E-state index in [0.29, 0.717) is 10.9 Å². The molecular weight excluding hydrogens is 236 g/mol. The van der Waals surface area contributed by atoms with E-state index in [-0.39, 0.29) is 5.91 Å². The highest BCUT2D eigenvalue weighted by Gasteiger charge is 2.15. The van der Waals surface area contributed by atoms with E-state index in [0.717, 1.165) is 25.9 Å². The van der Waals surface area contributed by atoms with Crippen LogP contribution in [-0.2, 0) is 4.79 Å². The Morgan fingerprint density at radius 1 is 1.47 bits per heavy atom. The van der Waals surface area contributed by atoms with Crippen molar-refractivity contribution in [3.8, 4) is 0 Å². The van der Waals surface area contributed by atoms with E-state index in [4.69, 9.17) is 16.6 Å². The van der Waals surface area contributed by atoms with Crippen LogP contribution in [-0.4, -0.2) is 29.0 Å². The van der Waals surface area contributed by atoms with E-state index in [1.807, 2.05) is 4.90 Å². The molecular formula is C12H14N2O2S. The summed E-state index contributed by atoms with van der Waals surface area (Å²) in [6.45, 7) is 1.86. The van der Waals surface area contributed by atoms with Gasteiger partial charge >= 0.3 is 0 Å². The number of carbonyl (C=O) groups is 1. The summed E-state index contributed by atoms with van der Waals surface area (Å²) in [7, 11) is 0. The Bertz CT molecular complexity index is 420. The first kappa shape index (κ1) is 11.9. The van der Waals surface area contributed by atoms with Gasteiger partial charge in [0.2, 0.25) is 5.91 Å². The van der Waals surface area contributed by atoms with Crippen molar-refractivity contribution in [3.05, 3.63) is 30.2 Å². The van der Waals surface area contributed by atoms with Crippen molar-refractivity contribution in [2.45, 2.75) is 12.8 Å². The predicted octanol–water partition coefficient (Wildman–Crippen LogP) is 1.79. The van der Waals surface area contributed by atoms with Crippen molar-refractivity contribution in [2.24, 2.45) is 0 Å². The second kappa shape index (κ2) is 5.63. The normalized spacial score (nSPS) is 15.4. The van der Waals surface area contributed by atoms with Gasteiger partial charge in [0.05, 0.1) is 6.26 Å². The van der Waals surface area contributed by atoms with E-state index in [9.17, 15) is 4.79 Å². The van der Waals surface area contributed by atoms with E-state index in [2.05, 4.69) is 5.32 Å². The van der Waals surface area contributed by atoms with Gasteiger partial charge in [-0.05, 0) is 43.3 Å². The number of likely N-dealkylation sites (tertiary alicyclic amines) is 1. The lowest BCUT2D eigenvalue weighted by Crippen LogP contribution is -2.40. The van der Waals surface area contributed by atoms with Crippen LogP contribution in [0.25, 0.3) is 6.08 Å². The van der Waals surface area contributed by atoms with Gasteiger partial charge in [0.25, 0.3) is 0 Å². The second-order valence-electron chi connectivity index (χ2n) is 3.84. The zero-order valence-corrected chi connectivity index (χ0v) is 10.2. The van der Waals surface area contributed by atoms with Crippen LogP contribution in [0, 0.1) is 0 Å². The summed E-state index contributed by atoms with van der Waals surface area (Å²) < 4.78 is 5.08. The molecule has 0 saturated carbocycles. The lowest BCUT2D eigenvalue weighted by Gasteiger charge is -2.17. The quantitative estimate of drug-likeness (QED) is 0.642. The van der Waals surface area contributed by atoms with Gasteiger partial charge in [-0.15, -0.1) is 0 Å². The average molecular weight is 250 g/mol. The van der Waals surface area contributed by atoms with Gasteiger partial charge < -0.3 is 9.32 Å². The first-order valence-corrected chi connectivity index (χ1v) is 5.98. The molecule has 1 N–H and O–H groups in total. The van der Waals surface area contributed by atoms with E-state index < -0.39 is 0 Å². The van der Waals surface area contributed by atoms with Crippen LogP contribution >= 0.6 is 12.2 Å². The Labute approximate surface area is 105 Å². The average Bonchev–Trinajstić information content (AvgIpc) is 2.99. The number of furan rings is 1. The molecule has 1 aromatic heterocycles. The number of hydrogen-bond acceptors (Lipinski definition) is 3. The first-order chi connectivity index (χ1) is 8.25. The molecule has 1 aromatic rings. The van der Waals surface area contributed by atoms with Crippen LogP contribution in [0.4, 0.5) is 0 Å². The fourth-order valence-corrected chi connectivity index (χ4v) is 1.97. The van der Waals surface area contributed by atoms with Gasteiger partial charge in [-0.1, -0.05) is 0 Å². The van der Waals surface area contributed by atoms with Crippen molar-refractivity contribution < 1.29 is 9.21 Å². The minimum Gasteiger partial charge on any atom is -0.465 e. The molecule has 1 fully saturated rings. The van der Waals surface area contributed by atoms with E-state index in [1.54, 1.807) is 24.5 Å². The Morgan fingerprint density at radius 2 is 2.24 bits per heavy atom. The number of nitrogens with zero attached hydrogens (tertiary/aromatic N) is 1. The molecule has 0 aliphatic carbocycles. The molecule has 1 amide bonds. The van der Waals surface area contributed by atoms with Gasteiger partial charge in [-0.2, -0.15) is 0 Å². The largest absolute Gasteiger partial charge is 0.465 e. The van der Waals surface area contributed by atoms with Gasteiger partial charge in [-0.25, -0.2) is 0 Å². The third-order valence-electron chi connectivity index (χ3n) is 2.57. The number of carbonyl (C=O) groups excluding carboxylic acids is 1. The van der Waals surface area contributed by atoms with Crippen LogP contribution < -0.4 is 5.32 Å². The number of hydrogen-bond donors (Lipinski definition) is 1. The highest BCUT2D eigenvalue weighted by atomic mass is 32.1. The predicted molar refractivity (Wildman–Crippen MR) is 69.3 cm³/mol. The Balaban J connectivity index is 1.82. The van der Waals surface area contributed by atoms with Crippen molar-refractivity contribution in [3.63, 3.8) is 0 Å². The summed E-state index contributed by atoms with van der Waals surface area (Å²) in [5.74, 6) is 0.422. The maximum absolute atomic E-state index is 11.6. The lowest BCUT2D eigenvalue weighted by atomic mass is 10.4. The minimum absolute atomic E-state index is 0.224. The summed E-state index contributed by atoms with van der Waals surface area (Å²) >= 11 is 5.14. The molecule has 0 bridgehead atoms. The van der Waals surface area contributed by atoms with Gasteiger partial charge in [0.1, 0.15) is 5.76 Å². The van der Waals surface area contributed by atoms with E-state index >= 15 is 0 Å². The molecule has 2 heterocycles. The summed E-state index contributed by atoms with van der Waals surface area (Å²) in [5.41, 5.74) is 0. The third kappa shape index (κ3) is 3.42. The SMILES string of the molecule is O=C(C=Cc1ccco1)NC(=S)N1CCCC1. The third-order valence-corrected chi connectivity index (χ3v) is 2.93. The molecule has 17 heavy (non-hydrogen) atoms. The summed E-state index contributed by atoms with van der Waals surface area (Å²) in [6.07, 6.45) is 6.87. The van der Waals surface area contributed by atoms with Gasteiger partial charge in [0, 0.05) is 19.2 Å². The molecule has 0 atom stereocenters. The molecule has 0 spiro atoms. The Hall–Kier alpha value is -1.62. The highest BCUT2D eigenvalue weighted by Crippen LogP contribution is 2.07. The van der Waals surface area contributed by atoms with Crippen LogP contribution in [0.15, 0.2) is 28.9 Å². The van der Waals surface area contributed by atoms with Crippen molar-refractivity contribution in [1.29, 1.82) is 0 Å². The van der Waals surface area contributed by atoms with Crippen LogP contribution in [0.1, 0.15) is 18.6 Å². The van der Waals surface area contributed by atoms with Crippen molar-refractivity contribution in [2.75, 3.05) is 13.1 Å². The van der Waals surface area contributed by atoms with Crippen molar-refractivity contribution in [1.82, 2.24) is 10.2 Å². The highest BCUT2D eigenvalue weighted by molar-refractivity contribution is 7.80. The van der Waals surface area contributed by atoms with Crippen molar-refractivity contribution >= 4 is 29.3 Å². The fourth-order valence-electron chi connectivity index (χ4n) is 1.69. The topological polar surface area (TPSA) is 45.5 Å². The lowest BCUT2D eigenvalue weighted by molar-refractivity contribution is -0.115. The van der Waals surface area contributed by atoms with Gasteiger partial charge in [0.15, 0.2) is 5.11 Å². The molecule has 90 valence electrons. The maximum Gasteiger partial charge on any atom is 0.250 e. The zero-order valence-electron chi connectivity index (χ0n) is 9.39. The molecule has 5 heteroatoms. The monoisotopic (exact) mass is 250 g/mol. The number of amides is 1. The van der Waals surface area contributed by atoms with Crippen LogP contribution in [0.5, 0.6) is 0 Å². The maximum atomic E-state index is 11.6.